The molecule has 1 saturated carbocycles. The van der Waals surface area contributed by atoms with Crippen molar-refractivity contribution in [1.82, 2.24) is 15.1 Å². The van der Waals surface area contributed by atoms with Gasteiger partial charge >= 0.3 is 12.4 Å². The summed E-state index contributed by atoms with van der Waals surface area (Å²) < 4.78 is 40.9. The maximum atomic E-state index is 12.3. The van der Waals surface area contributed by atoms with Gasteiger partial charge in [-0.3, -0.25) is 5.32 Å². The molecule has 2 unspecified atom stereocenters. The zero-order valence-electron chi connectivity index (χ0n) is 13.5. The van der Waals surface area contributed by atoms with Crippen molar-refractivity contribution >= 4 is 22.5 Å². The molecule has 0 radical (unpaired) electrons. The molecule has 2 heterocycles. The fourth-order valence-corrected chi connectivity index (χ4v) is 3.88. The van der Waals surface area contributed by atoms with Crippen LogP contribution in [0.3, 0.4) is 0 Å². The maximum Gasteiger partial charge on any atom is 0.573 e. The first-order chi connectivity index (χ1) is 12.4. The number of hydrogen-bond donors (Lipinski definition) is 1. The summed E-state index contributed by atoms with van der Waals surface area (Å²) in [7, 11) is 0. The topological polar surface area (TPSA) is 67.3 Å². The van der Waals surface area contributed by atoms with E-state index in [1.54, 1.807) is 11.0 Å². The Morgan fingerprint density at radius 2 is 2.15 bits per heavy atom. The highest BCUT2D eigenvalue weighted by molar-refractivity contribution is 7.18. The number of nitrogens with one attached hydrogen (secondary N) is 1. The summed E-state index contributed by atoms with van der Waals surface area (Å²) in [4.78, 5) is 14.1. The van der Waals surface area contributed by atoms with Crippen molar-refractivity contribution in [2.24, 2.45) is 11.8 Å². The van der Waals surface area contributed by atoms with Crippen LogP contribution in [0.25, 0.3) is 10.6 Å². The minimum atomic E-state index is -4.76. The zero-order valence-corrected chi connectivity index (χ0v) is 14.3. The first-order valence-electron chi connectivity index (χ1n) is 8.13. The Hall–Kier alpha value is -2.36. The van der Waals surface area contributed by atoms with E-state index < -0.39 is 6.36 Å². The number of amides is 2. The third kappa shape index (κ3) is 3.90. The van der Waals surface area contributed by atoms with E-state index in [9.17, 15) is 18.0 Å². The van der Waals surface area contributed by atoms with Crippen molar-refractivity contribution in [3.63, 3.8) is 0 Å². The van der Waals surface area contributed by atoms with Crippen molar-refractivity contribution in [2.75, 3.05) is 18.4 Å². The quantitative estimate of drug-likeness (QED) is 0.869. The van der Waals surface area contributed by atoms with Crippen LogP contribution in [0.15, 0.2) is 24.3 Å². The van der Waals surface area contributed by atoms with Gasteiger partial charge in [-0.2, -0.15) is 0 Å². The number of nitrogens with zero attached hydrogens (tertiary/aromatic N) is 3. The molecule has 1 aliphatic carbocycles. The van der Waals surface area contributed by atoms with Gasteiger partial charge in [0, 0.05) is 18.7 Å². The van der Waals surface area contributed by atoms with Crippen molar-refractivity contribution < 1.29 is 22.7 Å². The minimum absolute atomic E-state index is 0.216. The van der Waals surface area contributed by atoms with Crippen molar-refractivity contribution in [2.45, 2.75) is 19.2 Å². The lowest BCUT2D eigenvalue weighted by Gasteiger charge is -2.25. The SMILES string of the molecule is O=C(Nc1nnc(-c2cccc(OC(F)(F)F)c2)s1)N1CCC2CC2C1. The van der Waals surface area contributed by atoms with Gasteiger partial charge in [0.1, 0.15) is 10.8 Å². The summed E-state index contributed by atoms with van der Waals surface area (Å²) in [6, 6.07) is 5.27. The van der Waals surface area contributed by atoms with Crippen LogP contribution in [0, 0.1) is 11.8 Å². The lowest BCUT2D eigenvalue weighted by atomic mass is 10.1. The maximum absolute atomic E-state index is 12.3. The Morgan fingerprint density at radius 3 is 2.92 bits per heavy atom. The second kappa shape index (κ2) is 6.42. The van der Waals surface area contributed by atoms with Gasteiger partial charge in [-0.15, -0.1) is 23.4 Å². The average molecular weight is 384 g/mol. The highest BCUT2D eigenvalue weighted by atomic mass is 32.1. The van der Waals surface area contributed by atoms with Crippen LogP contribution < -0.4 is 10.1 Å². The van der Waals surface area contributed by atoms with E-state index >= 15 is 0 Å². The normalized spacial score (nSPS) is 21.9. The lowest BCUT2D eigenvalue weighted by molar-refractivity contribution is -0.274. The molecule has 2 fully saturated rings. The van der Waals surface area contributed by atoms with Crippen molar-refractivity contribution in [3.05, 3.63) is 24.3 Å². The number of piperidine rings is 1. The van der Waals surface area contributed by atoms with Gasteiger partial charge in [0.15, 0.2) is 0 Å². The third-order valence-corrected chi connectivity index (χ3v) is 5.42. The smallest absolute Gasteiger partial charge is 0.406 e. The fourth-order valence-electron chi connectivity index (χ4n) is 3.16. The Bertz CT molecular complexity index is 826. The van der Waals surface area contributed by atoms with Crippen LogP contribution in [0.1, 0.15) is 12.8 Å². The Kier molecular flexibility index (Phi) is 4.22. The summed E-state index contributed by atoms with van der Waals surface area (Å²) in [5.41, 5.74) is 0.434. The fraction of sp³-hybridized carbons (Fsp3) is 0.438. The molecule has 138 valence electrons. The van der Waals surface area contributed by atoms with E-state index in [-0.39, 0.29) is 11.8 Å². The van der Waals surface area contributed by atoms with Gasteiger partial charge in [0.2, 0.25) is 5.13 Å². The predicted molar refractivity (Wildman–Crippen MR) is 88.8 cm³/mol. The molecule has 1 saturated heterocycles. The number of benzene rings is 1. The van der Waals surface area contributed by atoms with Crippen LogP contribution in [0.5, 0.6) is 5.75 Å². The van der Waals surface area contributed by atoms with Gasteiger partial charge in [0.25, 0.3) is 0 Å². The number of aromatic nitrogens is 2. The number of rotatable bonds is 3. The highest BCUT2D eigenvalue weighted by Gasteiger charge is 2.42. The van der Waals surface area contributed by atoms with Gasteiger partial charge in [-0.1, -0.05) is 23.5 Å². The van der Waals surface area contributed by atoms with Gasteiger partial charge in [-0.05, 0) is 36.8 Å². The number of ether oxygens (including phenoxy) is 1. The molecule has 1 N–H and O–H groups in total. The molecule has 26 heavy (non-hydrogen) atoms. The summed E-state index contributed by atoms with van der Waals surface area (Å²) in [6.07, 6.45) is -2.53. The van der Waals surface area contributed by atoms with Crippen LogP contribution in [-0.2, 0) is 0 Å². The minimum Gasteiger partial charge on any atom is -0.406 e. The molecule has 2 aliphatic rings. The standard InChI is InChI=1S/C16H15F3N4O2S/c17-16(18,19)25-12-3-1-2-10(7-12)13-21-22-14(26-13)20-15(24)23-5-4-9-6-11(9)8-23/h1-3,7,9,11H,4-6,8H2,(H,20,22,24). The lowest BCUT2D eigenvalue weighted by Crippen LogP contribution is -2.39. The summed E-state index contributed by atoms with van der Waals surface area (Å²) in [5, 5.41) is 11.3. The molecular formula is C16H15F3N4O2S. The largest absolute Gasteiger partial charge is 0.573 e. The summed E-state index contributed by atoms with van der Waals surface area (Å²) in [5.74, 6) is 1.07. The molecule has 0 bridgehead atoms. The monoisotopic (exact) mass is 384 g/mol. The number of carbonyl (C=O) groups excluding carboxylic acids is 1. The van der Waals surface area contributed by atoms with Crippen LogP contribution in [0.4, 0.5) is 23.1 Å². The summed E-state index contributed by atoms with van der Waals surface area (Å²) in [6.45, 7) is 1.49. The average Bonchev–Trinajstić information content (AvgIpc) is 3.21. The van der Waals surface area contributed by atoms with E-state index in [0.717, 1.165) is 36.8 Å². The van der Waals surface area contributed by atoms with Crippen molar-refractivity contribution in [1.29, 1.82) is 0 Å². The third-order valence-electron chi connectivity index (χ3n) is 4.53. The number of hydrogen-bond acceptors (Lipinski definition) is 5. The van der Waals surface area contributed by atoms with E-state index in [0.29, 0.717) is 21.6 Å². The van der Waals surface area contributed by atoms with Crippen LogP contribution in [-0.4, -0.2) is 40.6 Å². The molecule has 1 aromatic carbocycles. The molecule has 0 spiro atoms. The molecular weight excluding hydrogens is 369 g/mol. The van der Waals surface area contributed by atoms with Gasteiger partial charge < -0.3 is 9.64 Å². The molecule has 2 atom stereocenters. The second-order valence-electron chi connectivity index (χ2n) is 6.41. The summed E-state index contributed by atoms with van der Waals surface area (Å²) >= 11 is 1.10. The molecule has 2 amide bonds. The van der Waals surface area contributed by atoms with E-state index in [1.165, 1.54) is 24.6 Å². The van der Waals surface area contributed by atoms with Crippen LogP contribution in [0.2, 0.25) is 0 Å². The molecule has 10 heteroatoms. The molecule has 1 aliphatic heterocycles. The number of carbonyl (C=O) groups is 1. The number of anilines is 1. The predicted octanol–water partition coefficient (Wildman–Crippen LogP) is 3.98. The Balaban J connectivity index is 1.42. The number of alkyl halides is 3. The highest BCUT2D eigenvalue weighted by Crippen LogP contribution is 2.44. The van der Waals surface area contributed by atoms with E-state index in [1.807, 2.05) is 0 Å². The van der Waals surface area contributed by atoms with Crippen molar-refractivity contribution in [3.8, 4) is 16.3 Å². The first-order valence-corrected chi connectivity index (χ1v) is 8.95. The number of fused-ring (bicyclic) bond motifs is 1. The van der Waals surface area contributed by atoms with E-state index in [2.05, 4.69) is 20.3 Å². The molecule has 6 nitrogen and oxygen atoms in total. The number of urea groups is 1. The first kappa shape index (κ1) is 17.1. The molecule has 1 aromatic heterocycles. The second-order valence-corrected chi connectivity index (χ2v) is 7.39. The van der Waals surface area contributed by atoms with Crippen LogP contribution >= 0.6 is 11.3 Å². The molecule has 2 aromatic rings. The molecule has 4 rings (SSSR count). The zero-order chi connectivity index (χ0) is 18.3. The number of likely N-dealkylation sites (tertiary alicyclic amines) is 1. The number of halogens is 3. The van der Waals surface area contributed by atoms with E-state index in [4.69, 9.17) is 0 Å². The van der Waals surface area contributed by atoms with Gasteiger partial charge in [-0.25, -0.2) is 4.79 Å². The Labute approximate surface area is 151 Å². The Morgan fingerprint density at radius 1 is 1.31 bits per heavy atom. The van der Waals surface area contributed by atoms with Gasteiger partial charge in [0.05, 0.1) is 0 Å².